The maximum absolute atomic E-state index is 14.0. The predicted octanol–water partition coefficient (Wildman–Crippen LogP) is 2.73. The lowest BCUT2D eigenvalue weighted by atomic mass is 9.98. The van der Waals surface area contributed by atoms with E-state index >= 15 is 0 Å². The van der Waals surface area contributed by atoms with Crippen LogP contribution in [0.5, 0.6) is 0 Å². The molecule has 4 aromatic rings. The summed E-state index contributed by atoms with van der Waals surface area (Å²) in [6, 6.07) is 20.0. The van der Waals surface area contributed by atoms with E-state index in [-0.39, 0.29) is 61.7 Å². The standard InChI is InChI=1S/C49H61N9O8/c1-54-40-29-31(19-22-37(40)58(49(54)66)39-24-26-42(60)55(2)48(39)65)13-7-3-4-12-18-43(61)56-28-27-34-20-23-38(57(34)47(64)35(50)30-56)46(63)52-36(21-25-41(51)59)45(62)53-44(32-14-8-5-9-15-32)33-16-10-6-11-17-33/h5-6,8-11,14-17,19,22,29,34-36,38-39,44H,3-4,7,12-13,18,20-21,23-28,30,50H2,1-2H3,(H2,51,59)(H,52,63)(H,53,62)/t34-,35+,36+,38+,39?/m1/s1. The number of likely N-dealkylation sites (tertiary alicyclic amines) is 1. The fourth-order valence-electron chi connectivity index (χ4n) is 9.72. The van der Waals surface area contributed by atoms with Crippen molar-refractivity contribution in [3.8, 4) is 0 Å². The second-order valence-electron chi connectivity index (χ2n) is 17.9. The fourth-order valence-corrected chi connectivity index (χ4v) is 9.72. The van der Waals surface area contributed by atoms with Gasteiger partial charge in [0.2, 0.25) is 35.4 Å². The molecule has 3 fully saturated rings. The lowest BCUT2D eigenvalue weighted by molar-refractivity contribution is -0.149. The van der Waals surface area contributed by atoms with Crippen LogP contribution in [0.25, 0.3) is 11.0 Å². The van der Waals surface area contributed by atoms with E-state index in [1.807, 2.05) is 78.9 Å². The second kappa shape index (κ2) is 21.1. The van der Waals surface area contributed by atoms with Crippen molar-refractivity contribution in [2.45, 2.75) is 120 Å². The van der Waals surface area contributed by atoms with Crippen molar-refractivity contribution in [1.29, 1.82) is 0 Å². The Balaban J connectivity index is 0.896. The van der Waals surface area contributed by atoms with Crippen LogP contribution in [-0.4, -0.2) is 109 Å². The number of hydrogen-bond donors (Lipinski definition) is 4. The number of imidazole rings is 1. The van der Waals surface area contributed by atoms with Gasteiger partial charge in [-0.05, 0) is 80.2 Å². The molecule has 3 aliphatic rings. The molecule has 5 atom stereocenters. The van der Waals surface area contributed by atoms with E-state index in [2.05, 4.69) is 10.6 Å². The number of primary amides is 1. The van der Waals surface area contributed by atoms with Crippen LogP contribution < -0.4 is 27.8 Å². The Bertz CT molecular complexity index is 2470. The van der Waals surface area contributed by atoms with Gasteiger partial charge in [0, 0.05) is 52.5 Å². The summed E-state index contributed by atoms with van der Waals surface area (Å²) in [5.74, 6) is -2.76. The van der Waals surface area contributed by atoms with Crippen molar-refractivity contribution < 1.29 is 33.6 Å². The number of benzene rings is 3. The van der Waals surface area contributed by atoms with Crippen molar-refractivity contribution in [2.75, 3.05) is 20.1 Å². The normalized spacial score (nSPS) is 20.5. The number of hydrogen-bond acceptors (Lipinski definition) is 9. The molecule has 4 heterocycles. The van der Waals surface area contributed by atoms with Crippen LogP contribution in [0.1, 0.15) is 106 Å². The number of aryl methyl sites for hydroxylation is 2. The van der Waals surface area contributed by atoms with Crippen LogP contribution >= 0.6 is 0 Å². The van der Waals surface area contributed by atoms with Gasteiger partial charge in [-0.15, -0.1) is 0 Å². The maximum Gasteiger partial charge on any atom is 0.329 e. The molecule has 350 valence electrons. The van der Waals surface area contributed by atoms with Crippen LogP contribution in [0.15, 0.2) is 83.7 Å². The number of nitrogens with two attached hydrogens (primary N) is 2. The Labute approximate surface area is 383 Å². The summed E-state index contributed by atoms with van der Waals surface area (Å²) in [7, 11) is 3.13. The molecule has 7 amide bonds. The van der Waals surface area contributed by atoms with E-state index in [4.69, 9.17) is 11.5 Å². The van der Waals surface area contributed by atoms with E-state index in [1.165, 1.54) is 16.5 Å². The molecule has 1 unspecified atom stereocenters. The molecule has 1 aromatic heterocycles. The summed E-state index contributed by atoms with van der Waals surface area (Å²) in [5.41, 5.74) is 15.7. The van der Waals surface area contributed by atoms with Gasteiger partial charge in [-0.25, -0.2) is 4.79 Å². The molecule has 17 heteroatoms. The summed E-state index contributed by atoms with van der Waals surface area (Å²) >= 11 is 0. The molecule has 0 radical (unpaired) electrons. The third kappa shape index (κ3) is 10.6. The van der Waals surface area contributed by atoms with Crippen LogP contribution in [0.2, 0.25) is 0 Å². The predicted molar refractivity (Wildman–Crippen MR) is 246 cm³/mol. The van der Waals surface area contributed by atoms with Crippen LogP contribution in [-0.2, 0) is 47.0 Å². The summed E-state index contributed by atoms with van der Waals surface area (Å²) in [6.45, 7) is 0.408. The first kappa shape index (κ1) is 47.3. The van der Waals surface area contributed by atoms with Crippen molar-refractivity contribution in [3.05, 3.63) is 106 Å². The number of nitrogens with one attached hydrogen (secondary N) is 2. The minimum absolute atomic E-state index is 0.0235. The third-order valence-corrected chi connectivity index (χ3v) is 13.4. The molecule has 0 saturated carbocycles. The first-order chi connectivity index (χ1) is 31.7. The molecule has 6 N–H and O–H groups in total. The Morgan fingerprint density at radius 3 is 2.12 bits per heavy atom. The molecule has 0 aliphatic carbocycles. The average Bonchev–Trinajstić information content (AvgIpc) is 3.85. The quantitative estimate of drug-likeness (QED) is 0.0901. The number of amides is 7. The number of likely N-dealkylation sites (N-methyl/N-ethyl adjacent to an activating group) is 1. The molecule has 3 saturated heterocycles. The molecule has 3 aliphatic heterocycles. The zero-order valence-electron chi connectivity index (χ0n) is 37.7. The van der Waals surface area contributed by atoms with E-state index in [1.54, 1.807) is 16.5 Å². The largest absolute Gasteiger partial charge is 0.370 e. The zero-order chi connectivity index (χ0) is 47.1. The number of unbranched alkanes of at least 4 members (excludes halogenated alkanes) is 3. The van der Waals surface area contributed by atoms with E-state index in [0.717, 1.165) is 52.8 Å². The Morgan fingerprint density at radius 1 is 0.758 bits per heavy atom. The molecule has 66 heavy (non-hydrogen) atoms. The van der Waals surface area contributed by atoms with Gasteiger partial charge in [-0.3, -0.25) is 47.6 Å². The number of carbonyl (C=O) groups excluding carboxylic acids is 7. The molecular formula is C49H61N9O8. The van der Waals surface area contributed by atoms with Crippen LogP contribution in [0.4, 0.5) is 0 Å². The highest BCUT2D eigenvalue weighted by molar-refractivity contribution is 6.00. The van der Waals surface area contributed by atoms with Gasteiger partial charge in [0.1, 0.15) is 24.2 Å². The number of nitrogens with zero attached hydrogens (tertiary/aromatic N) is 5. The third-order valence-electron chi connectivity index (χ3n) is 13.4. The number of imide groups is 1. The Morgan fingerprint density at radius 2 is 1.44 bits per heavy atom. The first-order valence-corrected chi connectivity index (χ1v) is 23.1. The number of rotatable bonds is 17. The number of aromatic nitrogens is 2. The highest BCUT2D eigenvalue weighted by atomic mass is 16.2. The van der Waals surface area contributed by atoms with Crippen molar-refractivity contribution in [2.24, 2.45) is 18.5 Å². The smallest absolute Gasteiger partial charge is 0.329 e. The molecule has 3 aromatic carbocycles. The van der Waals surface area contributed by atoms with E-state index in [9.17, 15) is 38.4 Å². The van der Waals surface area contributed by atoms with Crippen LogP contribution in [0, 0.1) is 0 Å². The molecule has 7 rings (SSSR count). The lowest BCUT2D eigenvalue weighted by Crippen LogP contribution is -2.60. The topological polar surface area (TPSA) is 232 Å². The second-order valence-corrected chi connectivity index (χ2v) is 17.9. The van der Waals surface area contributed by atoms with Crippen molar-refractivity contribution >= 4 is 52.4 Å². The lowest BCUT2D eigenvalue weighted by Gasteiger charge is -2.37. The van der Waals surface area contributed by atoms with Gasteiger partial charge in [0.15, 0.2) is 0 Å². The van der Waals surface area contributed by atoms with Crippen LogP contribution in [0.3, 0.4) is 0 Å². The van der Waals surface area contributed by atoms with Gasteiger partial charge < -0.3 is 31.9 Å². The van der Waals surface area contributed by atoms with Gasteiger partial charge >= 0.3 is 5.69 Å². The summed E-state index contributed by atoms with van der Waals surface area (Å²) in [6.07, 6.45) is 5.99. The van der Waals surface area contributed by atoms with Gasteiger partial charge in [0.05, 0.1) is 17.1 Å². The number of fused-ring (bicyclic) bond motifs is 2. The SMILES string of the molecule is CN1C(=O)CCC(n2c(=O)n(C)c3cc(CCCCCCC(=O)N4CC[C@H]5CC[C@@H](C(=O)N[C@@H](CCC(N)=O)C(=O)NC(c6ccccc6)c6ccccc6)N5C(=O)[C@@H](N)C4)ccc32)C1=O. The number of piperidine rings is 1. The van der Waals surface area contributed by atoms with E-state index in [0.29, 0.717) is 44.2 Å². The van der Waals surface area contributed by atoms with Crippen molar-refractivity contribution in [3.63, 3.8) is 0 Å². The molecular weight excluding hydrogens is 843 g/mol. The van der Waals surface area contributed by atoms with Gasteiger partial charge in [-0.2, -0.15) is 0 Å². The first-order valence-electron chi connectivity index (χ1n) is 23.1. The highest BCUT2D eigenvalue weighted by Crippen LogP contribution is 2.31. The monoisotopic (exact) mass is 903 g/mol. The Kier molecular flexibility index (Phi) is 15.2. The minimum Gasteiger partial charge on any atom is -0.370 e. The fraction of sp³-hybridized carbons (Fsp3) is 0.469. The average molecular weight is 904 g/mol. The molecule has 17 nitrogen and oxygen atoms in total. The minimum atomic E-state index is -1.11. The summed E-state index contributed by atoms with van der Waals surface area (Å²) in [4.78, 5) is 110. The van der Waals surface area contributed by atoms with Crippen molar-refractivity contribution in [1.82, 2.24) is 34.5 Å². The number of carbonyl (C=O) groups is 7. The highest BCUT2D eigenvalue weighted by Gasteiger charge is 2.45. The maximum atomic E-state index is 14.0. The van der Waals surface area contributed by atoms with E-state index < -0.39 is 53.8 Å². The summed E-state index contributed by atoms with van der Waals surface area (Å²) < 4.78 is 3.04. The molecule has 0 spiro atoms. The molecule has 0 bridgehead atoms. The Hall–Kier alpha value is -6.62. The van der Waals surface area contributed by atoms with Gasteiger partial charge in [0.25, 0.3) is 5.91 Å². The summed E-state index contributed by atoms with van der Waals surface area (Å²) in [5, 5.41) is 5.89. The van der Waals surface area contributed by atoms with Gasteiger partial charge in [-0.1, -0.05) is 79.6 Å². The zero-order valence-corrected chi connectivity index (χ0v) is 37.7.